The fourth-order valence-corrected chi connectivity index (χ4v) is 4.22. The second kappa shape index (κ2) is 5.50. The van der Waals surface area contributed by atoms with E-state index >= 15 is 0 Å². The lowest BCUT2D eigenvalue weighted by molar-refractivity contribution is 0.205. The molecule has 0 aromatic rings. The molecule has 2 aliphatic carbocycles. The molecular weight excluding hydrogens is 222 g/mol. The van der Waals surface area contributed by atoms with Crippen molar-refractivity contribution in [3.8, 4) is 0 Å². The Morgan fingerprint density at radius 2 is 1.67 bits per heavy atom. The summed E-state index contributed by atoms with van der Waals surface area (Å²) in [6.45, 7) is 0.957. The van der Waals surface area contributed by atoms with Gasteiger partial charge in [-0.15, -0.1) is 0 Å². The summed E-state index contributed by atoms with van der Waals surface area (Å²) < 4.78 is 0. The van der Waals surface area contributed by atoms with Crippen molar-refractivity contribution in [2.24, 2.45) is 16.6 Å². The van der Waals surface area contributed by atoms with Gasteiger partial charge in [0.2, 0.25) is 0 Å². The van der Waals surface area contributed by atoms with Crippen LogP contribution in [0.1, 0.15) is 64.2 Å². The molecule has 1 unspecified atom stereocenters. The molecule has 1 atom stereocenters. The lowest BCUT2D eigenvalue weighted by atomic mass is 9.84. The Labute approximate surface area is 111 Å². The average molecular weight is 249 g/mol. The normalized spacial score (nSPS) is 31.0. The molecule has 0 aromatic heterocycles. The van der Waals surface area contributed by atoms with Crippen molar-refractivity contribution in [1.29, 1.82) is 0 Å². The van der Waals surface area contributed by atoms with Crippen molar-refractivity contribution in [3.63, 3.8) is 0 Å². The Balaban J connectivity index is 1.60. The highest BCUT2D eigenvalue weighted by Crippen LogP contribution is 2.33. The zero-order valence-electron chi connectivity index (χ0n) is 11.5. The van der Waals surface area contributed by atoms with Gasteiger partial charge in [-0.3, -0.25) is 4.99 Å². The molecule has 3 nitrogen and oxygen atoms in total. The maximum Gasteiger partial charge on any atom is 0.191 e. The monoisotopic (exact) mass is 249 g/mol. The van der Waals surface area contributed by atoms with Gasteiger partial charge in [0.15, 0.2) is 5.96 Å². The highest BCUT2D eigenvalue weighted by Gasteiger charge is 2.34. The average Bonchev–Trinajstić information content (AvgIpc) is 3.01. The number of nitrogens with two attached hydrogens (primary N) is 1. The molecule has 3 heteroatoms. The fourth-order valence-electron chi connectivity index (χ4n) is 4.22. The van der Waals surface area contributed by atoms with Gasteiger partial charge in [0.1, 0.15) is 0 Å². The summed E-state index contributed by atoms with van der Waals surface area (Å²) >= 11 is 0. The largest absolute Gasteiger partial charge is 0.370 e. The number of nitrogens with zero attached hydrogens (tertiary/aromatic N) is 2. The molecule has 0 amide bonds. The molecule has 2 N–H and O–H groups in total. The van der Waals surface area contributed by atoms with Crippen molar-refractivity contribution in [3.05, 3.63) is 0 Å². The first-order chi connectivity index (χ1) is 8.84. The Bertz CT molecular complexity index is 301. The molecule has 0 radical (unpaired) electrons. The second-order valence-corrected chi connectivity index (χ2v) is 6.44. The highest BCUT2D eigenvalue weighted by atomic mass is 15.3. The fraction of sp³-hybridized carbons (Fsp3) is 0.933. The van der Waals surface area contributed by atoms with Crippen molar-refractivity contribution >= 4 is 5.96 Å². The molecule has 3 rings (SSSR count). The zero-order chi connectivity index (χ0) is 12.4. The van der Waals surface area contributed by atoms with E-state index in [-0.39, 0.29) is 0 Å². The molecule has 0 saturated heterocycles. The van der Waals surface area contributed by atoms with Crippen LogP contribution in [0.25, 0.3) is 0 Å². The Morgan fingerprint density at radius 1 is 1.00 bits per heavy atom. The van der Waals surface area contributed by atoms with Gasteiger partial charge in [0.05, 0.1) is 12.6 Å². The first kappa shape index (κ1) is 12.3. The van der Waals surface area contributed by atoms with Gasteiger partial charge in [0, 0.05) is 6.04 Å². The molecule has 18 heavy (non-hydrogen) atoms. The van der Waals surface area contributed by atoms with E-state index < -0.39 is 0 Å². The van der Waals surface area contributed by atoms with E-state index in [1.807, 2.05) is 0 Å². The lowest BCUT2D eigenvalue weighted by Crippen LogP contribution is -2.47. The van der Waals surface area contributed by atoms with Crippen molar-refractivity contribution in [2.75, 3.05) is 6.54 Å². The van der Waals surface area contributed by atoms with Crippen molar-refractivity contribution in [2.45, 2.75) is 76.3 Å². The molecule has 1 heterocycles. The third-order valence-corrected chi connectivity index (χ3v) is 5.17. The van der Waals surface area contributed by atoms with Crippen LogP contribution in [-0.4, -0.2) is 29.5 Å². The minimum atomic E-state index is 0.621. The number of guanidine groups is 1. The zero-order valence-corrected chi connectivity index (χ0v) is 11.5. The molecule has 1 aliphatic heterocycles. The molecule has 0 aromatic carbocycles. The van der Waals surface area contributed by atoms with Crippen LogP contribution in [0, 0.1) is 5.92 Å². The van der Waals surface area contributed by atoms with Crippen LogP contribution < -0.4 is 5.73 Å². The van der Waals surface area contributed by atoms with Gasteiger partial charge in [-0.2, -0.15) is 0 Å². The van der Waals surface area contributed by atoms with Crippen LogP contribution in [0.3, 0.4) is 0 Å². The van der Waals surface area contributed by atoms with E-state index in [0.717, 1.165) is 18.4 Å². The summed E-state index contributed by atoms with van der Waals surface area (Å²) in [5.41, 5.74) is 6.13. The first-order valence-corrected chi connectivity index (χ1v) is 7.93. The Kier molecular flexibility index (Phi) is 3.76. The van der Waals surface area contributed by atoms with Gasteiger partial charge in [-0.05, 0) is 25.2 Å². The van der Waals surface area contributed by atoms with Gasteiger partial charge >= 0.3 is 0 Å². The highest BCUT2D eigenvalue weighted by molar-refractivity contribution is 5.80. The number of hydrogen-bond donors (Lipinski definition) is 1. The van der Waals surface area contributed by atoms with E-state index in [4.69, 9.17) is 5.73 Å². The summed E-state index contributed by atoms with van der Waals surface area (Å²) in [7, 11) is 0. The van der Waals surface area contributed by atoms with E-state index in [9.17, 15) is 0 Å². The molecule has 102 valence electrons. The van der Waals surface area contributed by atoms with Crippen LogP contribution in [-0.2, 0) is 0 Å². The second-order valence-electron chi connectivity index (χ2n) is 6.44. The molecule has 3 aliphatic rings. The summed E-state index contributed by atoms with van der Waals surface area (Å²) in [6.07, 6.45) is 14.0. The van der Waals surface area contributed by atoms with Gasteiger partial charge in [0.25, 0.3) is 0 Å². The predicted molar refractivity (Wildman–Crippen MR) is 75.6 cm³/mol. The molecule has 0 spiro atoms. The van der Waals surface area contributed by atoms with Gasteiger partial charge in [-0.1, -0.05) is 44.9 Å². The van der Waals surface area contributed by atoms with Crippen LogP contribution >= 0.6 is 0 Å². The van der Waals surface area contributed by atoms with E-state index in [0.29, 0.717) is 12.1 Å². The summed E-state index contributed by atoms with van der Waals surface area (Å²) in [5, 5.41) is 0. The third kappa shape index (κ3) is 2.50. The number of aliphatic imine (C=N–C) groups is 1. The van der Waals surface area contributed by atoms with Gasteiger partial charge in [-0.25, -0.2) is 0 Å². The van der Waals surface area contributed by atoms with Crippen molar-refractivity contribution in [1.82, 2.24) is 4.90 Å². The summed E-state index contributed by atoms with van der Waals surface area (Å²) in [6, 6.07) is 1.32. The van der Waals surface area contributed by atoms with Crippen LogP contribution in [0.2, 0.25) is 0 Å². The standard InChI is InChI=1S/C15H27N3/c16-15-17-11-14(10-12-6-2-1-3-7-12)18(15)13-8-4-5-9-13/h12-14H,1-11H2,(H2,16,17). The molecule has 2 saturated carbocycles. The first-order valence-electron chi connectivity index (χ1n) is 7.93. The van der Waals surface area contributed by atoms with Crippen LogP contribution in [0.15, 0.2) is 4.99 Å². The quantitative estimate of drug-likeness (QED) is 0.835. The van der Waals surface area contributed by atoms with Crippen LogP contribution in [0.5, 0.6) is 0 Å². The predicted octanol–water partition coefficient (Wildman–Crippen LogP) is 2.90. The molecule has 0 bridgehead atoms. The lowest BCUT2D eigenvalue weighted by Gasteiger charge is -2.35. The third-order valence-electron chi connectivity index (χ3n) is 5.17. The van der Waals surface area contributed by atoms with Gasteiger partial charge < -0.3 is 10.6 Å². The Morgan fingerprint density at radius 3 is 2.39 bits per heavy atom. The Hall–Kier alpha value is -0.730. The number of hydrogen-bond acceptors (Lipinski definition) is 3. The minimum absolute atomic E-state index is 0.621. The molecular formula is C15H27N3. The summed E-state index contributed by atoms with van der Waals surface area (Å²) in [5.74, 6) is 1.77. The van der Waals surface area contributed by atoms with Crippen LogP contribution in [0.4, 0.5) is 0 Å². The SMILES string of the molecule is NC1=NCC(CC2CCCCC2)N1C1CCCC1. The molecule has 2 fully saturated rings. The van der Waals surface area contributed by atoms with E-state index in [1.54, 1.807) is 0 Å². The number of rotatable bonds is 3. The van der Waals surface area contributed by atoms with Crippen molar-refractivity contribution < 1.29 is 0 Å². The maximum atomic E-state index is 6.13. The minimum Gasteiger partial charge on any atom is -0.370 e. The topological polar surface area (TPSA) is 41.6 Å². The maximum absolute atomic E-state index is 6.13. The summed E-state index contributed by atoms with van der Waals surface area (Å²) in [4.78, 5) is 7.02. The van der Waals surface area contributed by atoms with E-state index in [2.05, 4.69) is 9.89 Å². The smallest absolute Gasteiger partial charge is 0.191 e. The van der Waals surface area contributed by atoms with E-state index in [1.165, 1.54) is 64.2 Å².